The van der Waals surface area contributed by atoms with Gasteiger partial charge in [0.1, 0.15) is 17.5 Å². The molecule has 0 amide bonds. The fourth-order valence-corrected chi connectivity index (χ4v) is 2.62. The van der Waals surface area contributed by atoms with Gasteiger partial charge >= 0.3 is 0 Å². The Labute approximate surface area is 116 Å². The molecule has 1 aliphatic rings. The maximum Gasteiger partial charge on any atom is 0.138 e. The highest BCUT2D eigenvalue weighted by atomic mass is 15.3. The molecule has 2 N–H and O–H groups in total. The summed E-state index contributed by atoms with van der Waals surface area (Å²) < 4.78 is 0. The van der Waals surface area contributed by atoms with Gasteiger partial charge in [-0.05, 0) is 33.6 Å². The molecule has 0 spiro atoms. The first-order chi connectivity index (χ1) is 8.63. The van der Waals surface area contributed by atoms with Crippen LogP contribution in [0.4, 0.5) is 11.6 Å². The van der Waals surface area contributed by atoms with Crippen molar-refractivity contribution in [3.8, 4) is 0 Å². The molecule has 0 unspecified atom stereocenters. The minimum atomic E-state index is -0.0829. The summed E-state index contributed by atoms with van der Waals surface area (Å²) >= 11 is 0. The number of nitrogens with zero attached hydrogens (tertiary/aromatic N) is 3. The Morgan fingerprint density at radius 3 is 2.32 bits per heavy atom. The molecule has 106 valence electrons. The summed E-state index contributed by atoms with van der Waals surface area (Å²) in [5, 5.41) is 0. The van der Waals surface area contributed by atoms with Gasteiger partial charge in [0.25, 0.3) is 0 Å². The van der Waals surface area contributed by atoms with Crippen LogP contribution >= 0.6 is 0 Å². The Bertz CT molecular complexity index is 486. The maximum absolute atomic E-state index is 6.10. The van der Waals surface area contributed by atoms with Crippen LogP contribution in [-0.4, -0.2) is 22.1 Å². The molecule has 4 heteroatoms. The predicted molar refractivity (Wildman–Crippen MR) is 80.5 cm³/mol. The van der Waals surface area contributed by atoms with Gasteiger partial charge in [0, 0.05) is 23.1 Å². The van der Waals surface area contributed by atoms with Gasteiger partial charge in [0.15, 0.2) is 0 Å². The lowest BCUT2D eigenvalue weighted by molar-refractivity contribution is 0.505. The molecule has 4 nitrogen and oxygen atoms in total. The highest BCUT2D eigenvalue weighted by Gasteiger charge is 2.35. The van der Waals surface area contributed by atoms with E-state index in [2.05, 4.69) is 44.5 Å². The first kappa shape index (κ1) is 14.1. The summed E-state index contributed by atoms with van der Waals surface area (Å²) in [7, 11) is 0. The largest absolute Gasteiger partial charge is 0.383 e. The number of anilines is 2. The zero-order chi connectivity index (χ0) is 14.4. The zero-order valence-electron chi connectivity index (χ0n) is 13.0. The summed E-state index contributed by atoms with van der Waals surface area (Å²) in [4.78, 5) is 11.7. The topological polar surface area (TPSA) is 55.0 Å². The molecule has 2 rings (SSSR count). The van der Waals surface area contributed by atoms with Crippen molar-refractivity contribution in [2.24, 2.45) is 0 Å². The molecule has 1 aromatic rings. The molecule has 1 aliphatic heterocycles. The monoisotopic (exact) mass is 262 g/mol. The smallest absolute Gasteiger partial charge is 0.138 e. The Balaban J connectivity index is 2.54. The second-order valence-electron chi connectivity index (χ2n) is 7.20. The number of aromatic nitrogens is 2. The molecule has 0 atom stereocenters. The van der Waals surface area contributed by atoms with Crippen molar-refractivity contribution in [2.45, 2.75) is 65.3 Å². The molecule has 0 bridgehead atoms. The number of hydrogen-bond acceptors (Lipinski definition) is 4. The van der Waals surface area contributed by atoms with Crippen LogP contribution in [0.5, 0.6) is 0 Å². The van der Waals surface area contributed by atoms with E-state index in [4.69, 9.17) is 10.7 Å². The van der Waals surface area contributed by atoms with Crippen LogP contribution in [0.25, 0.3) is 0 Å². The average Bonchev–Trinajstić information content (AvgIpc) is 2.60. The normalized spacial score (nSPS) is 18.9. The van der Waals surface area contributed by atoms with Crippen molar-refractivity contribution < 1.29 is 0 Å². The summed E-state index contributed by atoms with van der Waals surface area (Å²) in [5.74, 6) is 2.45. The minimum absolute atomic E-state index is 0.0829. The van der Waals surface area contributed by atoms with Crippen molar-refractivity contribution in [3.63, 3.8) is 0 Å². The Kier molecular flexibility index (Phi) is 3.23. The van der Waals surface area contributed by atoms with E-state index >= 15 is 0 Å². The Morgan fingerprint density at radius 1 is 1.21 bits per heavy atom. The Morgan fingerprint density at radius 2 is 1.84 bits per heavy atom. The third-order valence-corrected chi connectivity index (χ3v) is 3.99. The average molecular weight is 262 g/mol. The SMILES string of the molecule is Cc1c(N)nc(C(C)(C)C)nc1N1CCCC1(C)C. The molecular weight excluding hydrogens is 236 g/mol. The lowest BCUT2D eigenvalue weighted by Gasteiger charge is -2.34. The number of hydrogen-bond donors (Lipinski definition) is 1. The third kappa shape index (κ3) is 2.53. The fourth-order valence-electron chi connectivity index (χ4n) is 2.62. The number of nitrogens with two attached hydrogens (primary N) is 1. The molecule has 1 aromatic heterocycles. The maximum atomic E-state index is 6.10. The van der Waals surface area contributed by atoms with Gasteiger partial charge in [0.05, 0.1) is 0 Å². The lowest BCUT2D eigenvalue weighted by atomic mass is 9.95. The van der Waals surface area contributed by atoms with Crippen LogP contribution < -0.4 is 10.6 Å². The minimum Gasteiger partial charge on any atom is -0.383 e. The highest BCUT2D eigenvalue weighted by molar-refractivity contribution is 5.58. The van der Waals surface area contributed by atoms with Gasteiger partial charge in [-0.25, -0.2) is 9.97 Å². The van der Waals surface area contributed by atoms with Crippen LogP contribution in [0.1, 0.15) is 58.8 Å². The molecule has 1 fully saturated rings. The van der Waals surface area contributed by atoms with E-state index in [1.807, 2.05) is 6.92 Å². The van der Waals surface area contributed by atoms with Gasteiger partial charge in [-0.3, -0.25) is 0 Å². The first-order valence-electron chi connectivity index (χ1n) is 7.05. The summed E-state index contributed by atoms with van der Waals surface area (Å²) in [6.07, 6.45) is 2.41. The summed E-state index contributed by atoms with van der Waals surface area (Å²) in [6, 6.07) is 0. The molecular formula is C15H26N4. The lowest BCUT2D eigenvalue weighted by Crippen LogP contribution is -2.39. The van der Waals surface area contributed by atoms with Crippen molar-refractivity contribution >= 4 is 11.6 Å². The van der Waals surface area contributed by atoms with E-state index in [0.717, 1.165) is 23.8 Å². The molecule has 2 heterocycles. The number of nitrogen functional groups attached to an aromatic ring is 1. The highest BCUT2D eigenvalue weighted by Crippen LogP contribution is 2.36. The predicted octanol–water partition coefficient (Wildman–Crippen LogP) is 3.04. The van der Waals surface area contributed by atoms with E-state index in [9.17, 15) is 0 Å². The van der Waals surface area contributed by atoms with Crippen LogP contribution in [-0.2, 0) is 5.41 Å². The van der Waals surface area contributed by atoms with E-state index in [1.165, 1.54) is 12.8 Å². The van der Waals surface area contributed by atoms with Crippen LogP contribution in [0, 0.1) is 6.92 Å². The van der Waals surface area contributed by atoms with Gasteiger partial charge in [0.2, 0.25) is 0 Å². The van der Waals surface area contributed by atoms with Crippen LogP contribution in [0.3, 0.4) is 0 Å². The van der Waals surface area contributed by atoms with Crippen molar-refractivity contribution in [1.82, 2.24) is 9.97 Å². The molecule has 0 saturated carbocycles. The van der Waals surface area contributed by atoms with E-state index < -0.39 is 0 Å². The standard InChI is InChI=1S/C15H26N4/c1-10-11(16)17-13(14(2,3)4)18-12(10)19-9-7-8-15(19,5)6/h7-9H2,1-6H3,(H2,16,17,18). The van der Waals surface area contributed by atoms with Crippen molar-refractivity contribution in [3.05, 3.63) is 11.4 Å². The van der Waals surface area contributed by atoms with Gasteiger partial charge in [-0.2, -0.15) is 0 Å². The second-order valence-corrected chi connectivity index (χ2v) is 7.20. The molecule has 19 heavy (non-hydrogen) atoms. The van der Waals surface area contributed by atoms with Crippen molar-refractivity contribution in [1.29, 1.82) is 0 Å². The van der Waals surface area contributed by atoms with E-state index in [1.54, 1.807) is 0 Å². The second kappa shape index (κ2) is 4.36. The first-order valence-corrected chi connectivity index (χ1v) is 7.05. The van der Waals surface area contributed by atoms with Crippen LogP contribution in [0.15, 0.2) is 0 Å². The molecule has 0 radical (unpaired) electrons. The van der Waals surface area contributed by atoms with Crippen molar-refractivity contribution in [2.75, 3.05) is 17.2 Å². The summed E-state index contributed by atoms with van der Waals surface area (Å²) in [6.45, 7) is 14.0. The zero-order valence-corrected chi connectivity index (χ0v) is 13.0. The molecule has 1 saturated heterocycles. The van der Waals surface area contributed by atoms with Gasteiger partial charge in [-0.15, -0.1) is 0 Å². The van der Waals surface area contributed by atoms with E-state index in [0.29, 0.717) is 5.82 Å². The van der Waals surface area contributed by atoms with Gasteiger partial charge in [-0.1, -0.05) is 20.8 Å². The third-order valence-electron chi connectivity index (χ3n) is 3.99. The fraction of sp³-hybridized carbons (Fsp3) is 0.733. The van der Waals surface area contributed by atoms with E-state index in [-0.39, 0.29) is 11.0 Å². The molecule has 0 aliphatic carbocycles. The quantitative estimate of drug-likeness (QED) is 0.845. The summed E-state index contributed by atoms with van der Waals surface area (Å²) in [5.41, 5.74) is 7.17. The number of rotatable bonds is 1. The van der Waals surface area contributed by atoms with Crippen LogP contribution in [0.2, 0.25) is 0 Å². The molecule has 0 aromatic carbocycles. The van der Waals surface area contributed by atoms with Gasteiger partial charge < -0.3 is 10.6 Å². The Hall–Kier alpha value is -1.32.